The summed E-state index contributed by atoms with van der Waals surface area (Å²) in [5, 5.41) is 13.1. The number of aliphatic hydroxyl groups excluding tert-OH is 1. The van der Waals surface area contributed by atoms with Crippen LogP contribution in [-0.4, -0.2) is 34.9 Å². The quantitative estimate of drug-likeness (QED) is 0.787. The first kappa shape index (κ1) is 11.2. The van der Waals surface area contributed by atoms with Crippen LogP contribution in [0, 0.1) is 13.8 Å². The Kier molecular flexibility index (Phi) is 3.66. The Morgan fingerprint density at radius 2 is 2.14 bits per heavy atom. The number of hydrogen-bond donors (Lipinski definition) is 1. The standard InChI is InChI=1S/C10H18N2O2/c1-7(13)5-12(4)6-10-8(2)11-14-9(10)3/h7,13H,5-6H2,1-4H3. The van der Waals surface area contributed by atoms with Gasteiger partial charge in [-0.15, -0.1) is 0 Å². The summed E-state index contributed by atoms with van der Waals surface area (Å²) in [4.78, 5) is 2.05. The summed E-state index contributed by atoms with van der Waals surface area (Å²) >= 11 is 0. The molecule has 0 aliphatic carbocycles. The number of aryl methyl sites for hydroxylation is 2. The summed E-state index contributed by atoms with van der Waals surface area (Å²) in [5.41, 5.74) is 2.05. The highest BCUT2D eigenvalue weighted by molar-refractivity contribution is 5.20. The average Bonchev–Trinajstić information content (AvgIpc) is 2.34. The van der Waals surface area contributed by atoms with Crippen molar-refractivity contribution in [3.8, 4) is 0 Å². The van der Waals surface area contributed by atoms with Crippen LogP contribution in [0.1, 0.15) is 23.9 Å². The molecule has 1 unspecified atom stereocenters. The lowest BCUT2D eigenvalue weighted by molar-refractivity contribution is 0.138. The summed E-state index contributed by atoms with van der Waals surface area (Å²) in [6.07, 6.45) is -0.305. The third kappa shape index (κ3) is 2.82. The second-order valence-electron chi connectivity index (χ2n) is 3.85. The minimum Gasteiger partial charge on any atom is -0.392 e. The molecule has 1 atom stereocenters. The van der Waals surface area contributed by atoms with Gasteiger partial charge in [-0.3, -0.25) is 4.90 Å². The summed E-state index contributed by atoms with van der Waals surface area (Å²) in [5.74, 6) is 0.861. The van der Waals surface area contributed by atoms with Crippen LogP contribution in [0.4, 0.5) is 0 Å². The third-order valence-corrected chi connectivity index (χ3v) is 2.19. The Balaban J connectivity index is 2.59. The van der Waals surface area contributed by atoms with E-state index in [1.54, 1.807) is 6.92 Å². The zero-order valence-electron chi connectivity index (χ0n) is 9.24. The maximum atomic E-state index is 9.21. The van der Waals surface area contributed by atoms with Crippen molar-refractivity contribution in [2.45, 2.75) is 33.4 Å². The molecule has 4 nitrogen and oxygen atoms in total. The molecular weight excluding hydrogens is 180 g/mol. The van der Waals surface area contributed by atoms with E-state index in [1.807, 2.05) is 20.9 Å². The molecule has 0 aliphatic rings. The van der Waals surface area contributed by atoms with Crippen LogP contribution in [0.5, 0.6) is 0 Å². The molecule has 1 N–H and O–H groups in total. The van der Waals surface area contributed by atoms with Crippen molar-refractivity contribution in [2.75, 3.05) is 13.6 Å². The number of nitrogens with zero attached hydrogens (tertiary/aromatic N) is 2. The van der Waals surface area contributed by atoms with E-state index in [9.17, 15) is 5.11 Å². The molecule has 0 aromatic carbocycles. The predicted molar refractivity (Wildman–Crippen MR) is 54.0 cm³/mol. The fourth-order valence-corrected chi connectivity index (χ4v) is 1.51. The second kappa shape index (κ2) is 4.57. The fraction of sp³-hybridized carbons (Fsp3) is 0.700. The molecule has 0 radical (unpaired) electrons. The van der Waals surface area contributed by atoms with Crippen LogP contribution in [0.2, 0.25) is 0 Å². The largest absolute Gasteiger partial charge is 0.392 e. The Labute approximate surface area is 84.5 Å². The van der Waals surface area contributed by atoms with Crippen molar-refractivity contribution >= 4 is 0 Å². The van der Waals surface area contributed by atoms with Gasteiger partial charge in [0.15, 0.2) is 0 Å². The van der Waals surface area contributed by atoms with Gasteiger partial charge in [0.25, 0.3) is 0 Å². The molecular formula is C10H18N2O2. The maximum absolute atomic E-state index is 9.21. The number of likely N-dealkylation sites (N-methyl/N-ethyl adjacent to an activating group) is 1. The van der Waals surface area contributed by atoms with Crippen molar-refractivity contribution in [2.24, 2.45) is 0 Å². The summed E-state index contributed by atoms with van der Waals surface area (Å²) in [7, 11) is 1.97. The van der Waals surface area contributed by atoms with E-state index in [2.05, 4.69) is 10.1 Å². The van der Waals surface area contributed by atoms with Gasteiger partial charge in [0, 0.05) is 18.7 Å². The van der Waals surface area contributed by atoms with E-state index in [4.69, 9.17) is 4.52 Å². The lowest BCUT2D eigenvalue weighted by Crippen LogP contribution is -2.27. The normalized spacial score (nSPS) is 13.6. The van der Waals surface area contributed by atoms with Crippen LogP contribution in [0.25, 0.3) is 0 Å². The SMILES string of the molecule is Cc1noc(C)c1CN(C)CC(C)O. The van der Waals surface area contributed by atoms with Crippen LogP contribution < -0.4 is 0 Å². The lowest BCUT2D eigenvalue weighted by atomic mass is 10.2. The van der Waals surface area contributed by atoms with E-state index < -0.39 is 0 Å². The lowest BCUT2D eigenvalue weighted by Gasteiger charge is -2.17. The van der Waals surface area contributed by atoms with Crippen molar-refractivity contribution in [3.63, 3.8) is 0 Å². The molecule has 1 heterocycles. The molecule has 0 bridgehead atoms. The molecule has 0 saturated carbocycles. The Bertz CT molecular complexity index is 275. The molecule has 0 amide bonds. The van der Waals surface area contributed by atoms with Gasteiger partial charge >= 0.3 is 0 Å². The minimum absolute atomic E-state index is 0.305. The van der Waals surface area contributed by atoms with Gasteiger partial charge in [-0.05, 0) is 27.8 Å². The van der Waals surface area contributed by atoms with Crippen LogP contribution in [0.3, 0.4) is 0 Å². The third-order valence-electron chi connectivity index (χ3n) is 2.19. The zero-order chi connectivity index (χ0) is 10.7. The maximum Gasteiger partial charge on any atom is 0.138 e. The molecule has 0 saturated heterocycles. The molecule has 0 fully saturated rings. The molecule has 14 heavy (non-hydrogen) atoms. The predicted octanol–water partition coefficient (Wildman–Crippen LogP) is 1.10. The van der Waals surface area contributed by atoms with Gasteiger partial charge in [-0.25, -0.2) is 0 Å². The monoisotopic (exact) mass is 198 g/mol. The Hall–Kier alpha value is -0.870. The first-order chi connectivity index (χ1) is 6.50. The van der Waals surface area contributed by atoms with Gasteiger partial charge in [0.1, 0.15) is 5.76 Å². The van der Waals surface area contributed by atoms with Crippen molar-refractivity contribution in [1.82, 2.24) is 10.1 Å². The Morgan fingerprint density at radius 1 is 1.50 bits per heavy atom. The Morgan fingerprint density at radius 3 is 2.57 bits per heavy atom. The van der Waals surface area contributed by atoms with Crippen molar-refractivity contribution in [1.29, 1.82) is 0 Å². The van der Waals surface area contributed by atoms with Crippen LogP contribution in [0.15, 0.2) is 4.52 Å². The second-order valence-corrected chi connectivity index (χ2v) is 3.85. The fourth-order valence-electron chi connectivity index (χ4n) is 1.51. The molecule has 1 aromatic rings. The van der Waals surface area contributed by atoms with E-state index in [0.717, 1.165) is 23.6 Å². The highest BCUT2D eigenvalue weighted by atomic mass is 16.5. The van der Waals surface area contributed by atoms with Crippen molar-refractivity contribution < 1.29 is 9.63 Å². The highest BCUT2D eigenvalue weighted by Crippen LogP contribution is 2.14. The average molecular weight is 198 g/mol. The summed E-state index contributed by atoms with van der Waals surface area (Å²) in [6.45, 7) is 7.05. The van der Waals surface area contributed by atoms with Gasteiger partial charge in [0.2, 0.25) is 0 Å². The molecule has 0 spiro atoms. The molecule has 80 valence electrons. The number of aliphatic hydroxyl groups is 1. The zero-order valence-corrected chi connectivity index (χ0v) is 9.24. The number of hydrogen-bond acceptors (Lipinski definition) is 4. The van der Waals surface area contributed by atoms with Gasteiger partial charge < -0.3 is 9.63 Å². The first-order valence-electron chi connectivity index (χ1n) is 4.79. The van der Waals surface area contributed by atoms with E-state index in [0.29, 0.717) is 6.54 Å². The molecule has 0 aliphatic heterocycles. The molecule has 4 heteroatoms. The van der Waals surface area contributed by atoms with Gasteiger partial charge in [-0.1, -0.05) is 5.16 Å². The minimum atomic E-state index is -0.305. The van der Waals surface area contributed by atoms with E-state index in [1.165, 1.54) is 0 Å². The highest BCUT2D eigenvalue weighted by Gasteiger charge is 2.12. The number of aromatic nitrogens is 1. The molecule has 1 rings (SSSR count). The van der Waals surface area contributed by atoms with Crippen LogP contribution in [-0.2, 0) is 6.54 Å². The topological polar surface area (TPSA) is 49.5 Å². The van der Waals surface area contributed by atoms with Crippen LogP contribution >= 0.6 is 0 Å². The van der Waals surface area contributed by atoms with Gasteiger partial charge in [-0.2, -0.15) is 0 Å². The number of rotatable bonds is 4. The van der Waals surface area contributed by atoms with Gasteiger partial charge in [0.05, 0.1) is 11.8 Å². The smallest absolute Gasteiger partial charge is 0.138 e. The van der Waals surface area contributed by atoms with E-state index >= 15 is 0 Å². The van der Waals surface area contributed by atoms with E-state index in [-0.39, 0.29) is 6.10 Å². The summed E-state index contributed by atoms with van der Waals surface area (Å²) < 4.78 is 5.06. The van der Waals surface area contributed by atoms with Crippen molar-refractivity contribution in [3.05, 3.63) is 17.0 Å². The molecule has 1 aromatic heterocycles. The first-order valence-corrected chi connectivity index (χ1v) is 4.79. The summed E-state index contributed by atoms with van der Waals surface area (Å²) in [6, 6.07) is 0.